The van der Waals surface area contributed by atoms with Gasteiger partial charge in [-0.05, 0) is 78.9 Å². The number of nitrogens with two attached hydrogens (primary N) is 4. The molecule has 0 unspecified atom stereocenters. The largest absolute Gasteiger partial charge is 0.457 e. The third kappa shape index (κ3) is 6.38. The summed E-state index contributed by atoms with van der Waals surface area (Å²) >= 11 is 0. The van der Waals surface area contributed by atoms with Gasteiger partial charge in [0.2, 0.25) is 0 Å². The Morgan fingerprint density at radius 1 is 0.367 bits per heavy atom. The Morgan fingerprint density at radius 3 is 1.13 bits per heavy atom. The summed E-state index contributed by atoms with van der Waals surface area (Å²) < 4.78 is 11.6. The molecule has 0 aliphatic rings. The predicted octanol–water partition coefficient (Wildman–Crippen LogP) is 5.29. The zero-order valence-electron chi connectivity index (χ0n) is 16.4. The average molecular weight is 400 g/mol. The Balaban J connectivity index is 0.000000269. The van der Waals surface area contributed by atoms with Crippen molar-refractivity contribution in [3.63, 3.8) is 0 Å². The van der Waals surface area contributed by atoms with Gasteiger partial charge in [0.1, 0.15) is 23.0 Å². The van der Waals surface area contributed by atoms with Crippen molar-refractivity contribution in [1.82, 2.24) is 0 Å². The Morgan fingerprint density at radius 2 is 0.767 bits per heavy atom. The van der Waals surface area contributed by atoms with Gasteiger partial charge in [0.05, 0.1) is 0 Å². The fourth-order valence-corrected chi connectivity index (χ4v) is 2.50. The van der Waals surface area contributed by atoms with Gasteiger partial charge in [-0.1, -0.05) is 12.1 Å². The Kier molecular flexibility index (Phi) is 6.63. The molecule has 0 aromatic heterocycles. The van der Waals surface area contributed by atoms with Crippen LogP contribution in [0.3, 0.4) is 0 Å². The average Bonchev–Trinajstić information content (AvgIpc) is 2.72. The quantitative estimate of drug-likeness (QED) is 0.345. The van der Waals surface area contributed by atoms with E-state index in [2.05, 4.69) is 0 Å². The lowest BCUT2D eigenvalue weighted by Gasteiger charge is -2.09. The van der Waals surface area contributed by atoms with Crippen molar-refractivity contribution in [3.8, 4) is 23.0 Å². The molecule has 0 bridgehead atoms. The molecule has 0 atom stereocenters. The molecular formula is C24H24N4O2. The molecule has 0 saturated heterocycles. The predicted molar refractivity (Wildman–Crippen MR) is 124 cm³/mol. The van der Waals surface area contributed by atoms with E-state index in [0.717, 1.165) is 11.5 Å². The molecule has 0 aliphatic heterocycles. The SMILES string of the molecule is Nc1ccc(Oc2cccc(Oc3ccc(N)cc3)c2)cc1.Nc1cccc(N)c1. The molecule has 30 heavy (non-hydrogen) atoms. The molecule has 0 saturated carbocycles. The summed E-state index contributed by atoms with van der Waals surface area (Å²) in [6.45, 7) is 0. The fourth-order valence-electron chi connectivity index (χ4n) is 2.50. The van der Waals surface area contributed by atoms with Gasteiger partial charge in [0, 0.05) is 28.8 Å². The maximum Gasteiger partial charge on any atom is 0.131 e. The van der Waals surface area contributed by atoms with Gasteiger partial charge in [0.15, 0.2) is 0 Å². The number of anilines is 4. The molecular weight excluding hydrogens is 376 g/mol. The third-order valence-corrected chi connectivity index (χ3v) is 3.95. The van der Waals surface area contributed by atoms with E-state index in [1.807, 2.05) is 54.6 Å². The Hall–Kier alpha value is -4.32. The van der Waals surface area contributed by atoms with Crippen LogP contribution in [0.5, 0.6) is 23.0 Å². The van der Waals surface area contributed by atoms with Crippen LogP contribution in [0.4, 0.5) is 22.7 Å². The second-order valence-electron chi connectivity index (χ2n) is 6.49. The molecule has 0 heterocycles. The Bertz CT molecular complexity index is 1000. The van der Waals surface area contributed by atoms with E-state index in [9.17, 15) is 0 Å². The number of rotatable bonds is 4. The number of hydrogen-bond donors (Lipinski definition) is 4. The zero-order chi connectivity index (χ0) is 21.3. The molecule has 0 radical (unpaired) electrons. The van der Waals surface area contributed by atoms with Gasteiger partial charge < -0.3 is 32.4 Å². The molecule has 4 aromatic rings. The maximum atomic E-state index is 5.78. The summed E-state index contributed by atoms with van der Waals surface area (Å²) in [7, 11) is 0. The van der Waals surface area contributed by atoms with Gasteiger partial charge in [0.25, 0.3) is 0 Å². The second-order valence-corrected chi connectivity index (χ2v) is 6.49. The third-order valence-electron chi connectivity index (χ3n) is 3.95. The summed E-state index contributed by atoms with van der Waals surface area (Å²) in [5, 5.41) is 0. The zero-order valence-corrected chi connectivity index (χ0v) is 16.4. The van der Waals surface area contributed by atoms with Crippen LogP contribution in [0.1, 0.15) is 0 Å². The molecule has 4 aromatic carbocycles. The Labute approximate surface area is 175 Å². The number of hydrogen-bond acceptors (Lipinski definition) is 6. The van der Waals surface area contributed by atoms with E-state index in [-0.39, 0.29) is 0 Å². The maximum absolute atomic E-state index is 5.78. The molecule has 0 fully saturated rings. The van der Waals surface area contributed by atoms with Crippen LogP contribution in [-0.2, 0) is 0 Å². The standard InChI is InChI=1S/C18H16N2O2.C6H8N2/c19-13-4-8-15(9-5-13)21-17-2-1-3-18(12-17)22-16-10-6-14(20)7-11-16;7-5-2-1-3-6(8)4-5/h1-12H,19-20H2;1-4H,7-8H2. The lowest BCUT2D eigenvalue weighted by Crippen LogP contribution is -1.89. The van der Waals surface area contributed by atoms with Crippen molar-refractivity contribution in [3.05, 3.63) is 97.1 Å². The summed E-state index contributed by atoms with van der Waals surface area (Å²) in [5.41, 5.74) is 24.9. The van der Waals surface area contributed by atoms with Gasteiger partial charge >= 0.3 is 0 Å². The van der Waals surface area contributed by atoms with E-state index >= 15 is 0 Å². The lowest BCUT2D eigenvalue weighted by molar-refractivity contribution is 0.460. The fraction of sp³-hybridized carbons (Fsp3) is 0. The van der Waals surface area contributed by atoms with Crippen molar-refractivity contribution in [2.24, 2.45) is 0 Å². The van der Waals surface area contributed by atoms with Crippen molar-refractivity contribution < 1.29 is 9.47 Å². The number of benzene rings is 4. The lowest BCUT2D eigenvalue weighted by atomic mass is 10.3. The van der Waals surface area contributed by atoms with Crippen molar-refractivity contribution in [2.45, 2.75) is 0 Å². The van der Waals surface area contributed by atoms with E-state index < -0.39 is 0 Å². The molecule has 6 nitrogen and oxygen atoms in total. The van der Waals surface area contributed by atoms with Crippen LogP contribution in [0, 0.1) is 0 Å². The molecule has 0 aliphatic carbocycles. The molecule has 6 heteroatoms. The number of ether oxygens (including phenoxy) is 2. The van der Waals surface area contributed by atoms with Crippen LogP contribution >= 0.6 is 0 Å². The first-order valence-corrected chi connectivity index (χ1v) is 9.26. The first-order valence-electron chi connectivity index (χ1n) is 9.26. The highest BCUT2D eigenvalue weighted by molar-refractivity contribution is 5.50. The van der Waals surface area contributed by atoms with Gasteiger partial charge in [-0.25, -0.2) is 0 Å². The first kappa shape index (κ1) is 20.4. The van der Waals surface area contributed by atoms with Crippen LogP contribution < -0.4 is 32.4 Å². The van der Waals surface area contributed by atoms with Gasteiger partial charge in [-0.3, -0.25) is 0 Å². The highest BCUT2D eigenvalue weighted by Crippen LogP contribution is 2.28. The van der Waals surface area contributed by atoms with Crippen molar-refractivity contribution >= 4 is 22.7 Å². The second kappa shape index (κ2) is 9.75. The van der Waals surface area contributed by atoms with Gasteiger partial charge in [-0.2, -0.15) is 0 Å². The molecule has 8 N–H and O–H groups in total. The molecule has 0 amide bonds. The van der Waals surface area contributed by atoms with Gasteiger partial charge in [-0.15, -0.1) is 0 Å². The van der Waals surface area contributed by atoms with E-state index in [4.69, 9.17) is 32.4 Å². The minimum atomic E-state index is 0.692. The van der Waals surface area contributed by atoms with Crippen molar-refractivity contribution in [2.75, 3.05) is 22.9 Å². The molecule has 0 spiro atoms. The monoisotopic (exact) mass is 400 g/mol. The van der Waals surface area contributed by atoms with Crippen molar-refractivity contribution in [1.29, 1.82) is 0 Å². The first-order chi connectivity index (χ1) is 14.5. The summed E-state index contributed by atoms with van der Waals surface area (Å²) in [6.07, 6.45) is 0. The topological polar surface area (TPSA) is 123 Å². The minimum absolute atomic E-state index is 0.692. The highest BCUT2D eigenvalue weighted by Gasteiger charge is 2.02. The smallest absolute Gasteiger partial charge is 0.131 e. The van der Waals surface area contributed by atoms with E-state index in [1.165, 1.54) is 0 Å². The van der Waals surface area contributed by atoms with E-state index in [1.54, 1.807) is 42.5 Å². The summed E-state index contributed by atoms with van der Waals surface area (Å²) in [4.78, 5) is 0. The summed E-state index contributed by atoms with van der Waals surface area (Å²) in [6, 6.07) is 29.1. The van der Waals surface area contributed by atoms with Crippen LogP contribution in [0.25, 0.3) is 0 Å². The molecule has 4 rings (SSSR count). The number of nitrogen functional groups attached to an aromatic ring is 4. The van der Waals surface area contributed by atoms with Crippen LogP contribution in [0.2, 0.25) is 0 Å². The van der Waals surface area contributed by atoms with Crippen LogP contribution in [-0.4, -0.2) is 0 Å². The molecule has 152 valence electrons. The van der Waals surface area contributed by atoms with E-state index in [0.29, 0.717) is 34.2 Å². The highest BCUT2D eigenvalue weighted by atomic mass is 16.5. The minimum Gasteiger partial charge on any atom is -0.457 e. The van der Waals surface area contributed by atoms with Crippen LogP contribution in [0.15, 0.2) is 97.1 Å². The normalized spacial score (nSPS) is 9.87. The summed E-state index contributed by atoms with van der Waals surface area (Å²) in [5.74, 6) is 2.83.